The van der Waals surface area contributed by atoms with Crippen LogP contribution in [0.1, 0.15) is 17.4 Å². The summed E-state index contributed by atoms with van der Waals surface area (Å²) in [5, 5.41) is 0.663. The number of aryl methyl sites for hydroxylation is 2. The van der Waals surface area contributed by atoms with E-state index in [2.05, 4.69) is 4.98 Å². The molecule has 1 atom stereocenters. The highest BCUT2D eigenvalue weighted by Gasteiger charge is 2.22. The summed E-state index contributed by atoms with van der Waals surface area (Å²) >= 11 is 2.72. The number of benzene rings is 1. The second kappa shape index (κ2) is 7.01. The first-order valence-corrected chi connectivity index (χ1v) is 9.46. The summed E-state index contributed by atoms with van der Waals surface area (Å²) in [5.41, 5.74) is 1.57. The number of para-hydroxylation sites is 1. The van der Waals surface area contributed by atoms with Crippen molar-refractivity contribution in [2.24, 2.45) is 0 Å². The number of carbonyl (C=O) groups is 1. The molecule has 3 aromatic rings. The van der Waals surface area contributed by atoms with Crippen LogP contribution in [0.4, 0.5) is 0 Å². The van der Waals surface area contributed by atoms with E-state index in [0.717, 1.165) is 16.1 Å². The van der Waals surface area contributed by atoms with E-state index in [1.54, 1.807) is 11.5 Å². The Balaban J connectivity index is 2.27. The Morgan fingerprint density at radius 2 is 1.96 bits per heavy atom. The van der Waals surface area contributed by atoms with Crippen molar-refractivity contribution in [1.29, 1.82) is 0 Å². The van der Waals surface area contributed by atoms with E-state index in [4.69, 9.17) is 4.74 Å². The van der Waals surface area contributed by atoms with Crippen molar-refractivity contribution >= 4 is 39.3 Å². The molecule has 0 radical (unpaired) electrons. The lowest BCUT2D eigenvalue weighted by Crippen LogP contribution is -2.23. The van der Waals surface area contributed by atoms with Crippen molar-refractivity contribution in [3.05, 3.63) is 51.1 Å². The number of ether oxygens (including phenoxy) is 1. The van der Waals surface area contributed by atoms with Gasteiger partial charge in [0.05, 0.1) is 18.2 Å². The van der Waals surface area contributed by atoms with Crippen LogP contribution in [-0.2, 0) is 9.53 Å². The van der Waals surface area contributed by atoms with Gasteiger partial charge >= 0.3 is 5.97 Å². The average Bonchev–Trinajstić information content (AvgIpc) is 2.89. The highest BCUT2D eigenvalue weighted by Crippen LogP contribution is 2.31. The lowest BCUT2D eigenvalue weighted by molar-refractivity contribution is -0.139. The van der Waals surface area contributed by atoms with E-state index in [0.29, 0.717) is 15.4 Å². The Hall–Kier alpha value is -2.12. The standard InChI is InChI=1S/C18H18N2O3S2/c1-10-11(2)24-15-14(10)16(21)20(13-8-6-5-7-9-13)18(19-15)25-12(3)17(22)23-4/h5-9,12H,1-4H3/t12-/m1/s1. The van der Waals surface area contributed by atoms with E-state index in [-0.39, 0.29) is 11.5 Å². The molecule has 0 saturated carbocycles. The molecular formula is C18H18N2O3S2. The summed E-state index contributed by atoms with van der Waals surface area (Å²) < 4.78 is 6.37. The molecule has 0 saturated heterocycles. The van der Waals surface area contributed by atoms with E-state index in [1.807, 2.05) is 44.2 Å². The van der Waals surface area contributed by atoms with Gasteiger partial charge in [-0.3, -0.25) is 14.2 Å². The van der Waals surface area contributed by atoms with Crippen molar-refractivity contribution in [3.63, 3.8) is 0 Å². The van der Waals surface area contributed by atoms with Crippen LogP contribution in [0.15, 0.2) is 40.3 Å². The lowest BCUT2D eigenvalue weighted by Gasteiger charge is -2.14. The van der Waals surface area contributed by atoms with E-state index in [9.17, 15) is 9.59 Å². The molecule has 0 bridgehead atoms. The zero-order chi connectivity index (χ0) is 18.1. The summed E-state index contributed by atoms with van der Waals surface area (Å²) in [7, 11) is 1.35. The predicted molar refractivity (Wildman–Crippen MR) is 102 cm³/mol. The number of thiophene rings is 1. The van der Waals surface area contributed by atoms with Crippen LogP contribution in [0.3, 0.4) is 0 Å². The number of fused-ring (bicyclic) bond motifs is 1. The number of esters is 1. The fourth-order valence-corrected chi connectivity index (χ4v) is 4.56. The summed E-state index contributed by atoms with van der Waals surface area (Å²) in [6, 6.07) is 9.35. The van der Waals surface area contributed by atoms with Gasteiger partial charge in [-0.15, -0.1) is 11.3 Å². The first-order chi connectivity index (χ1) is 11.9. The molecule has 7 heteroatoms. The molecule has 3 rings (SSSR count). The highest BCUT2D eigenvalue weighted by atomic mass is 32.2. The van der Waals surface area contributed by atoms with Crippen molar-refractivity contribution in [3.8, 4) is 5.69 Å². The van der Waals surface area contributed by atoms with Gasteiger partial charge in [0.15, 0.2) is 5.16 Å². The monoisotopic (exact) mass is 374 g/mol. The molecule has 0 N–H and O–H groups in total. The topological polar surface area (TPSA) is 61.2 Å². The molecular weight excluding hydrogens is 356 g/mol. The van der Waals surface area contributed by atoms with Gasteiger partial charge in [0.2, 0.25) is 0 Å². The van der Waals surface area contributed by atoms with Gasteiger partial charge in [0.1, 0.15) is 10.1 Å². The minimum absolute atomic E-state index is 0.113. The van der Waals surface area contributed by atoms with E-state index in [1.165, 1.54) is 30.2 Å². The van der Waals surface area contributed by atoms with Crippen molar-refractivity contribution in [1.82, 2.24) is 9.55 Å². The molecule has 0 amide bonds. The minimum atomic E-state index is -0.466. The predicted octanol–water partition coefficient (Wildman–Crippen LogP) is 3.72. The van der Waals surface area contributed by atoms with Gasteiger partial charge in [-0.1, -0.05) is 30.0 Å². The van der Waals surface area contributed by atoms with Gasteiger partial charge < -0.3 is 4.74 Å². The summed E-state index contributed by atoms with van der Waals surface area (Å²) in [6.07, 6.45) is 0. The summed E-state index contributed by atoms with van der Waals surface area (Å²) in [5.74, 6) is -0.350. The van der Waals surface area contributed by atoms with Crippen LogP contribution in [0.5, 0.6) is 0 Å². The summed E-state index contributed by atoms with van der Waals surface area (Å²) in [4.78, 5) is 31.5. The highest BCUT2D eigenvalue weighted by molar-refractivity contribution is 8.00. The Kier molecular flexibility index (Phi) is 4.96. The van der Waals surface area contributed by atoms with Crippen molar-refractivity contribution < 1.29 is 9.53 Å². The molecule has 0 aliphatic carbocycles. The smallest absolute Gasteiger partial charge is 0.318 e. The van der Waals surface area contributed by atoms with Crippen LogP contribution >= 0.6 is 23.1 Å². The van der Waals surface area contributed by atoms with Crippen molar-refractivity contribution in [2.75, 3.05) is 7.11 Å². The average molecular weight is 374 g/mol. The Morgan fingerprint density at radius 1 is 1.28 bits per heavy atom. The number of hydrogen-bond acceptors (Lipinski definition) is 6. The second-order valence-electron chi connectivity index (χ2n) is 5.62. The second-order valence-corrected chi connectivity index (χ2v) is 8.13. The summed E-state index contributed by atoms with van der Waals surface area (Å²) in [6.45, 7) is 5.67. The quantitative estimate of drug-likeness (QED) is 0.396. The first kappa shape index (κ1) is 17.7. The molecule has 25 heavy (non-hydrogen) atoms. The Morgan fingerprint density at radius 3 is 2.60 bits per heavy atom. The molecule has 5 nitrogen and oxygen atoms in total. The molecule has 0 unspecified atom stereocenters. The van der Waals surface area contributed by atoms with Crippen LogP contribution in [0, 0.1) is 13.8 Å². The third-order valence-corrected chi connectivity index (χ3v) is 6.13. The third-order valence-electron chi connectivity index (χ3n) is 4.00. The maximum absolute atomic E-state index is 13.2. The van der Waals surface area contributed by atoms with Crippen LogP contribution < -0.4 is 5.56 Å². The molecule has 0 fully saturated rings. The number of thioether (sulfide) groups is 1. The zero-order valence-corrected chi connectivity index (χ0v) is 16.0. The number of rotatable bonds is 4. The normalized spacial score (nSPS) is 12.3. The molecule has 0 aliphatic heterocycles. The van der Waals surface area contributed by atoms with Gasteiger partial charge in [-0.05, 0) is 38.5 Å². The lowest BCUT2D eigenvalue weighted by atomic mass is 10.2. The Labute approximate surface area is 153 Å². The van der Waals surface area contributed by atoms with E-state index >= 15 is 0 Å². The number of carbonyl (C=O) groups excluding carboxylic acids is 1. The van der Waals surface area contributed by atoms with Gasteiger partial charge in [0, 0.05) is 4.88 Å². The molecule has 0 spiro atoms. The van der Waals surface area contributed by atoms with Gasteiger partial charge in [-0.25, -0.2) is 4.98 Å². The maximum atomic E-state index is 13.2. The molecule has 2 heterocycles. The fourth-order valence-electron chi connectivity index (χ4n) is 2.53. The molecule has 0 aliphatic rings. The SMILES string of the molecule is COC(=O)[C@@H](C)Sc1nc2sc(C)c(C)c2c(=O)n1-c1ccccc1. The maximum Gasteiger partial charge on any atom is 0.318 e. The molecule has 2 aromatic heterocycles. The number of hydrogen-bond donors (Lipinski definition) is 0. The Bertz CT molecular complexity index is 993. The largest absolute Gasteiger partial charge is 0.468 e. The molecule has 1 aromatic carbocycles. The fraction of sp³-hybridized carbons (Fsp3) is 0.278. The number of aromatic nitrogens is 2. The minimum Gasteiger partial charge on any atom is -0.468 e. The van der Waals surface area contributed by atoms with Crippen LogP contribution in [-0.4, -0.2) is 27.9 Å². The van der Waals surface area contributed by atoms with E-state index < -0.39 is 5.25 Å². The number of methoxy groups -OCH3 is 1. The van der Waals surface area contributed by atoms with Crippen LogP contribution in [0.25, 0.3) is 15.9 Å². The van der Waals surface area contributed by atoms with Crippen molar-refractivity contribution in [2.45, 2.75) is 31.2 Å². The van der Waals surface area contributed by atoms with Gasteiger partial charge in [0.25, 0.3) is 5.56 Å². The first-order valence-electron chi connectivity index (χ1n) is 7.76. The van der Waals surface area contributed by atoms with Gasteiger partial charge in [-0.2, -0.15) is 0 Å². The molecule has 130 valence electrons. The number of nitrogens with zero attached hydrogens (tertiary/aromatic N) is 2. The zero-order valence-electron chi connectivity index (χ0n) is 14.4. The third kappa shape index (κ3) is 3.21. The van der Waals surface area contributed by atoms with Crippen LogP contribution in [0.2, 0.25) is 0 Å².